The molecule has 2 aromatic heterocycles. The molecule has 0 aliphatic rings. The molecule has 146 valence electrons. The summed E-state index contributed by atoms with van der Waals surface area (Å²) < 4.78 is 5.32. The Balaban J connectivity index is 1.34. The first kappa shape index (κ1) is 19.0. The number of methoxy groups -OCH3 is 1. The molecule has 2 aromatic carbocycles. The average molecular weight is 404 g/mol. The Bertz CT molecular complexity index is 1090. The van der Waals surface area contributed by atoms with Crippen LogP contribution in [0.4, 0.5) is 0 Å². The van der Waals surface area contributed by atoms with Gasteiger partial charge < -0.3 is 15.0 Å². The minimum absolute atomic E-state index is 0.111. The van der Waals surface area contributed by atoms with E-state index in [0.29, 0.717) is 12.1 Å². The predicted molar refractivity (Wildman–Crippen MR) is 114 cm³/mol. The van der Waals surface area contributed by atoms with Crippen LogP contribution in [0.5, 0.6) is 5.75 Å². The van der Waals surface area contributed by atoms with E-state index in [1.165, 1.54) is 0 Å². The Morgan fingerprint density at radius 3 is 2.76 bits per heavy atom. The third kappa shape index (κ3) is 4.57. The second kappa shape index (κ2) is 8.79. The lowest BCUT2D eigenvalue weighted by Crippen LogP contribution is -2.23. The summed E-state index contributed by atoms with van der Waals surface area (Å²) in [6, 6.07) is 17.2. The van der Waals surface area contributed by atoms with E-state index in [1.54, 1.807) is 31.3 Å². The van der Waals surface area contributed by atoms with Gasteiger partial charge in [0.2, 0.25) is 0 Å². The van der Waals surface area contributed by atoms with Gasteiger partial charge in [0.15, 0.2) is 5.16 Å². The third-order valence-electron chi connectivity index (χ3n) is 4.49. The molecule has 0 saturated carbocycles. The minimum atomic E-state index is -0.111. The van der Waals surface area contributed by atoms with Crippen molar-refractivity contribution < 1.29 is 9.53 Å². The first-order valence-electron chi connectivity index (χ1n) is 9.14. The number of fused-ring (bicyclic) bond motifs is 1. The lowest BCUT2D eigenvalue weighted by atomic mass is 10.1. The maximum atomic E-state index is 12.4. The lowest BCUT2D eigenvalue weighted by molar-refractivity contribution is 0.0950. The monoisotopic (exact) mass is 404 g/mol. The van der Waals surface area contributed by atoms with Gasteiger partial charge >= 0.3 is 0 Å². The molecule has 0 aliphatic heterocycles. The molecule has 0 unspecified atom stereocenters. The molecule has 0 spiro atoms. The highest BCUT2D eigenvalue weighted by Gasteiger charge is 2.08. The van der Waals surface area contributed by atoms with Gasteiger partial charge in [-0.15, -0.1) is 0 Å². The van der Waals surface area contributed by atoms with Crippen molar-refractivity contribution in [1.82, 2.24) is 20.3 Å². The van der Waals surface area contributed by atoms with Crippen LogP contribution >= 0.6 is 11.8 Å². The zero-order valence-electron chi connectivity index (χ0n) is 15.9. The number of hydrogen-bond donors (Lipinski definition) is 2. The zero-order valence-corrected chi connectivity index (χ0v) is 16.7. The number of carbonyl (C=O) groups excluding carboxylic acids is 1. The molecule has 0 atom stereocenters. The number of aromatic nitrogens is 3. The summed E-state index contributed by atoms with van der Waals surface area (Å²) in [6.45, 7) is 0.418. The normalized spacial score (nSPS) is 10.8. The smallest absolute Gasteiger partial charge is 0.251 e. The molecular weight excluding hydrogens is 384 g/mol. The van der Waals surface area contributed by atoms with Gasteiger partial charge in [0.05, 0.1) is 24.3 Å². The SMILES string of the molecule is COc1ccccc1CNC(=O)c1ccc(CSc2nc3ccncc3[nH]2)cc1. The van der Waals surface area contributed by atoms with Gasteiger partial charge in [0.1, 0.15) is 5.75 Å². The summed E-state index contributed by atoms with van der Waals surface area (Å²) in [5, 5.41) is 3.79. The number of amides is 1. The van der Waals surface area contributed by atoms with Gasteiger partial charge in [0.25, 0.3) is 5.91 Å². The molecule has 0 fully saturated rings. The third-order valence-corrected chi connectivity index (χ3v) is 5.43. The van der Waals surface area contributed by atoms with Crippen molar-refractivity contribution in [1.29, 1.82) is 0 Å². The van der Waals surface area contributed by atoms with Crippen molar-refractivity contribution in [2.24, 2.45) is 0 Å². The number of nitrogens with zero attached hydrogens (tertiary/aromatic N) is 2. The van der Waals surface area contributed by atoms with Gasteiger partial charge in [-0.25, -0.2) is 4.98 Å². The van der Waals surface area contributed by atoms with Crippen molar-refractivity contribution in [3.05, 3.63) is 83.7 Å². The van der Waals surface area contributed by atoms with Crippen molar-refractivity contribution in [3.8, 4) is 5.75 Å². The number of nitrogens with one attached hydrogen (secondary N) is 2. The first-order chi connectivity index (χ1) is 14.2. The number of pyridine rings is 1. The predicted octanol–water partition coefficient (Wildman–Crippen LogP) is 4.19. The van der Waals surface area contributed by atoms with Gasteiger partial charge in [-0.3, -0.25) is 9.78 Å². The van der Waals surface area contributed by atoms with E-state index in [0.717, 1.165) is 38.8 Å². The average Bonchev–Trinajstić information content (AvgIpc) is 3.19. The second-order valence-corrected chi connectivity index (χ2v) is 7.38. The number of imidazole rings is 1. The number of hydrogen-bond acceptors (Lipinski definition) is 5. The molecule has 2 heterocycles. The number of benzene rings is 2. The summed E-state index contributed by atoms with van der Waals surface area (Å²) in [4.78, 5) is 24.3. The molecule has 0 bridgehead atoms. The Morgan fingerprint density at radius 2 is 1.97 bits per heavy atom. The fraction of sp³-hybridized carbons (Fsp3) is 0.136. The Labute approximate surface area is 172 Å². The van der Waals surface area contributed by atoms with Crippen LogP contribution in [0.1, 0.15) is 21.5 Å². The van der Waals surface area contributed by atoms with Crippen molar-refractivity contribution in [2.45, 2.75) is 17.5 Å². The Hall–Kier alpha value is -3.32. The number of para-hydroxylation sites is 1. The number of carbonyl (C=O) groups is 1. The summed E-state index contributed by atoms with van der Waals surface area (Å²) in [7, 11) is 1.62. The van der Waals surface area contributed by atoms with Crippen LogP contribution in [-0.4, -0.2) is 28.0 Å². The number of aromatic amines is 1. The van der Waals surface area contributed by atoms with E-state index in [9.17, 15) is 4.79 Å². The number of rotatable bonds is 7. The highest BCUT2D eigenvalue weighted by molar-refractivity contribution is 7.98. The van der Waals surface area contributed by atoms with Crippen molar-refractivity contribution in [3.63, 3.8) is 0 Å². The van der Waals surface area contributed by atoms with Gasteiger partial charge in [-0.2, -0.15) is 0 Å². The van der Waals surface area contributed by atoms with Crippen LogP contribution in [-0.2, 0) is 12.3 Å². The second-order valence-electron chi connectivity index (χ2n) is 6.41. The molecule has 4 rings (SSSR count). The molecule has 0 saturated heterocycles. The summed E-state index contributed by atoms with van der Waals surface area (Å²) >= 11 is 1.62. The first-order valence-corrected chi connectivity index (χ1v) is 10.1. The van der Waals surface area contributed by atoms with Crippen LogP contribution in [0, 0.1) is 0 Å². The minimum Gasteiger partial charge on any atom is -0.496 e. The van der Waals surface area contributed by atoms with Crippen LogP contribution in [0.15, 0.2) is 72.1 Å². The quantitative estimate of drug-likeness (QED) is 0.452. The number of H-pyrrole nitrogens is 1. The molecule has 2 N–H and O–H groups in total. The Morgan fingerprint density at radius 1 is 1.14 bits per heavy atom. The van der Waals surface area contributed by atoms with Gasteiger partial charge in [-0.1, -0.05) is 42.1 Å². The van der Waals surface area contributed by atoms with E-state index in [1.807, 2.05) is 54.6 Å². The van der Waals surface area contributed by atoms with E-state index in [2.05, 4.69) is 20.3 Å². The zero-order chi connectivity index (χ0) is 20.1. The summed E-state index contributed by atoms with van der Waals surface area (Å²) in [5.74, 6) is 1.41. The van der Waals surface area contributed by atoms with Crippen molar-refractivity contribution in [2.75, 3.05) is 7.11 Å². The Kier molecular flexibility index (Phi) is 5.76. The standard InChI is InChI=1S/C22H20N4O2S/c1-28-20-5-3-2-4-17(20)12-24-21(27)16-8-6-15(7-9-16)14-29-22-25-18-10-11-23-13-19(18)26-22/h2-11,13H,12,14H2,1H3,(H,24,27)(H,25,26). The van der Waals surface area contributed by atoms with E-state index < -0.39 is 0 Å². The highest BCUT2D eigenvalue weighted by Crippen LogP contribution is 2.23. The van der Waals surface area contributed by atoms with Crippen LogP contribution in [0.2, 0.25) is 0 Å². The van der Waals surface area contributed by atoms with Crippen molar-refractivity contribution >= 4 is 28.7 Å². The number of ether oxygens (including phenoxy) is 1. The number of thioether (sulfide) groups is 1. The molecule has 0 aliphatic carbocycles. The van der Waals surface area contributed by atoms with E-state index in [-0.39, 0.29) is 5.91 Å². The van der Waals surface area contributed by atoms with Crippen LogP contribution < -0.4 is 10.1 Å². The summed E-state index contributed by atoms with van der Waals surface area (Å²) in [5.41, 5.74) is 4.53. The molecule has 6 nitrogen and oxygen atoms in total. The van der Waals surface area contributed by atoms with E-state index >= 15 is 0 Å². The molecule has 1 amide bonds. The van der Waals surface area contributed by atoms with Crippen LogP contribution in [0.3, 0.4) is 0 Å². The molecule has 7 heteroatoms. The van der Waals surface area contributed by atoms with Gasteiger partial charge in [0, 0.05) is 29.6 Å². The van der Waals surface area contributed by atoms with Gasteiger partial charge in [-0.05, 0) is 29.8 Å². The molecule has 29 heavy (non-hydrogen) atoms. The largest absolute Gasteiger partial charge is 0.496 e. The molecule has 4 aromatic rings. The fourth-order valence-corrected chi connectivity index (χ4v) is 3.77. The van der Waals surface area contributed by atoms with Crippen LogP contribution in [0.25, 0.3) is 11.0 Å². The fourth-order valence-electron chi connectivity index (χ4n) is 2.93. The lowest BCUT2D eigenvalue weighted by Gasteiger charge is -2.10. The molecular formula is C22H20N4O2S. The maximum absolute atomic E-state index is 12.4. The molecule has 0 radical (unpaired) electrons. The highest BCUT2D eigenvalue weighted by atomic mass is 32.2. The maximum Gasteiger partial charge on any atom is 0.251 e. The summed E-state index contributed by atoms with van der Waals surface area (Å²) in [6.07, 6.45) is 3.50. The topological polar surface area (TPSA) is 79.9 Å². The van der Waals surface area contributed by atoms with E-state index in [4.69, 9.17) is 4.74 Å².